The smallest absolute Gasteiger partial charge is 0.337 e. The molecular formula is C23H21NO4. The molecule has 0 saturated heterocycles. The number of esters is 1. The number of carbonyl (C=O) groups is 2. The summed E-state index contributed by atoms with van der Waals surface area (Å²) in [5.74, 6) is -0.0439. The number of ether oxygens (including phenoxy) is 2. The molecule has 3 aromatic rings. The Balaban J connectivity index is 1.68. The van der Waals surface area contributed by atoms with Crippen LogP contribution in [-0.4, -0.2) is 19.0 Å². The van der Waals surface area contributed by atoms with Gasteiger partial charge in [0.05, 0.1) is 12.7 Å². The van der Waals surface area contributed by atoms with E-state index in [-0.39, 0.29) is 5.91 Å². The maximum absolute atomic E-state index is 12.6. The first-order chi connectivity index (χ1) is 13.6. The molecule has 0 aromatic heterocycles. The molecule has 0 saturated carbocycles. The number of carbonyl (C=O) groups excluding carboxylic acids is 2. The van der Waals surface area contributed by atoms with Gasteiger partial charge in [0.15, 0.2) is 0 Å². The summed E-state index contributed by atoms with van der Waals surface area (Å²) in [6.07, 6.45) is 0. The van der Waals surface area contributed by atoms with Crippen molar-refractivity contribution < 1.29 is 19.1 Å². The van der Waals surface area contributed by atoms with Gasteiger partial charge in [0.25, 0.3) is 5.91 Å². The summed E-state index contributed by atoms with van der Waals surface area (Å²) >= 11 is 0. The standard InChI is InChI=1S/C23H21NO4/c1-16-13-19(23(26)27-2)11-12-21(16)24-22(25)18-9-6-10-20(14-18)28-15-17-7-4-3-5-8-17/h3-14H,15H2,1-2H3,(H,24,25). The fourth-order valence-corrected chi connectivity index (χ4v) is 2.71. The average molecular weight is 375 g/mol. The Morgan fingerprint density at radius 3 is 2.39 bits per heavy atom. The van der Waals surface area contributed by atoms with E-state index in [0.717, 1.165) is 11.1 Å². The first-order valence-corrected chi connectivity index (χ1v) is 8.84. The highest BCUT2D eigenvalue weighted by Crippen LogP contribution is 2.20. The summed E-state index contributed by atoms with van der Waals surface area (Å²) in [5.41, 5.74) is 3.39. The number of hydrogen-bond donors (Lipinski definition) is 1. The van der Waals surface area contributed by atoms with E-state index in [2.05, 4.69) is 5.32 Å². The van der Waals surface area contributed by atoms with Crippen molar-refractivity contribution in [3.63, 3.8) is 0 Å². The van der Waals surface area contributed by atoms with Crippen molar-refractivity contribution in [1.82, 2.24) is 0 Å². The molecule has 0 atom stereocenters. The van der Waals surface area contributed by atoms with Crippen LogP contribution in [0.25, 0.3) is 0 Å². The monoisotopic (exact) mass is 375 g/mol. The van der Waals surface area contributed by atoms with E-state index in [1.54, 1.807) is 36.4 Å². The Morgan fingerprint density at radius 2 is 1.68 bits per heavy atom. The highest BCUT2D eigenvalue weighted by molar-refractivity contribution is 6.05. The third-order valence-corrected chi connectivity index (χ3v) is 4.24. The predicted octanol–water partition coefficient (Wildman–Crippen LogP) is 4.61. The van der Waals surface area contributed by atoms with E-state index in [1.165, 1.54) is 7.11 Å². The van der Waals surface area contributed by atoms with Crippen LogP contribution in [0.1, 0.15) is 31.8 Å². The molecule has 5 nitrogen and oxygen atoms in total. The molecular weight excluding hydrogens is 354 g/mol. The van der Waals surface area contributed by atoms with Gasteiger partial charge >= 0.3 is 5.97 Å². The Labute approximate surface area is 163 Å². The van der Waals surface area contributed by atoms with Gasteiger partial charge in [-0.25, -0.2) is 4.79 Å². The zero-order chi connectivity index (χ0) is 19.9. The number of hydrogen-bond acceptors (Lipinski definition) is 4. The topological polar surface area (TPSA) is 64.6 Å². The van der Waals surface area contributed by atoms with Crippen molar-refractivity contribution in [3.8, 4) is 5.75 Å². The summed E-state index contributed by atoms with van der Waals surface area (Å²) in [5, 5.41) is 2.87. The molecule has 0 aliphatic carbocycles. The molecule has 0 bridgehead atoms. The van der Waals surface area contributed by atoms with E-state index in [1.807, 2.05) is 43.3 Å². The van der Waals surface area contributed by atoms with Crippen LogP contribution in [0.4, 0.5) is 5.69 Å². The van der Waals surface area contributed by atoms with Gasteiger partial charge in [-0.1, -0.05) is 36.4 Å². The molecule has 5 heteroatoms. The highest BCUT2D eigenvalue weighted by atomic mass is 16.5. The summed E-state index contributed by atoms with van der Waals surface area (Å²) < 4.78 is 10.5. The van der Waals surface area contributed by atoms with Gasteiger partial charge in [0.1, 0.15) is 12.4 Å². The van der Waals surface area contributed by atoms with E-state index >= 15 is 0 Å². The second-order valence-electron chi connectivity index (χ2n) is 6.28. The van der Waals surface area contributed by atoms with Crippen molar-refractivity contribution in [2.24, 2.45) is 0 Å². The van der Waals surface area contributed by atoms with Crippen molar-refractivity contribution in [1.29, 1.82) is 0 Å². The molecule has 1 amide bonds. The van der Waals surface area contributed by atoms with Crippen LogP contribution in [0.3, 0.4) is 0 Å². The molecule has 0 unspecified atom stereocenters. The number of amides is 1. The Morgan fingerprint density at radius 1 is 0.893 bits per heavy atom. The maximum atomic E-state index is 12.6. The molecule has 0 heterocycles. The molecule has 3 rings (SSSR count). The van der Waals surface area contributed by atoms with Gasteiger partial charge in [-0.05, 0) is 54.4 Å². The van der Waals surface area contributed by atoms with E-state index < -0.39 is 5.97 Å². The molecule has 0 fully saturated rings. The summed E-state index contributed by atoms with van der Waals surface area (Å²) in [6, 6.07) is 21.8. The van der Waals surface area contributed by atoms with E-state index in [0.29, 0.717) is 29.2 Å². The molecule has 0 aliphatic rings. The normalized spacial score (nSPS) is 10.2. The molecule has 1 N–H and O–H groups in total. The van der Waals surface area contributed by atoms with Crippen molar-refractivity contribution in [2.45, 2.75) is 13.5 Å². The van der Waals surface area contributed by atoms with Gasteiger partial charge in [0.2, 0.25) is 0 Å². The first-order valence-electron chi connectivity index (χ1n) is 8.84. The lowest BCUT2D eigenvalue weighted by Gasteiger charge is -2.11. The van der Waals surface area contributed by atoms with Gasteiger partial charge in [-0.2, -0.15) is 0 Å². The zero-order valence-corrected chi connectivity index (χ0v) is 15.8. The SMILES string of the molecule is COC(=O)c1ccc(NC(=O)c2cccc(OCc3ccccc3)c2)c(C)c1. The number of benzene rings is 3. The number of methoxy groups -OCH3 is 1. The molecule has 3 aromatic carbocycles. The lowest BCUT2D eigenvalue weighted by molar-refractivity contribution is 0.0600. The van der Waals surface area contributed by atoms with Crippen molar-refractivity contribution in [2.75, 3.05) is 12.4 Å². The fraction of sp³-hybridized carbons (Fsp3) is 0.130. The quantitative estimate of drug-likeness (QED) is 0.639. The largest absolute Gasteiger partial charge is 0.489 e. The molecule has 0 spiro atoms. The van der Waals surface area contributed by atoms with Crippen LogP contribution in [0.2, 0.25) is 0 Å². The van der Waals surface area contributed by atoms with E-state index in [9.17, 15) is 9.59 Å². The van der Waals surface area contributed by atoms with Crippen LogP contribution in [0.5, 0.6) is 5.75 Å². The third-order valence-electron chi connectivity index (χ3n) is 4.24. The minimum atomic E-state index is -0.413. The second kappa shape index (κ2) is 8.86. The van der Waals surface area contributed by atoms with Crippen LogP contribution >= 0.6 is 0 Å². The maximum Gasteiger partial charge on any atom is 0.337 e. The molecule has 28 heavy (non-hydrogen) atoms. The lowest BCUT2D eigenvalue weighted by atomic mass is 10.1. The van der Waals surface area contributed by atoms with Gasteiger partial charge in [-0.15, -0.1) is 0 Å². The Bertz CT molecular complexity index is 983. The predicted molar refractivity (Wildman–Crippen MR) is 108 cm³/mol. The van der Waals surface area contributed by atoms with Crippen LogP contribution < -0.4 is 10.1 Å². The van der Waals surface area contributed by atoms with Gasteiger partial charge < -0.3 is 14.8 Å². The minimum Gasteiger partial charge on any atom is -0.489 e. The summed E-state index contributed by atoms with van der Waals surface area (Å²) in [4.78, 5) is 24.2. The van der Waals surface area contributed by atoms with Gasteiger partial charge in [-0.3, -0.25) is 4.79 Å². The third kappa shape index (κ3) is 4.76. The fourth-order valence-electron chi connectivity index (χ4n) is 2.71. The van der Waals surface area contributed by atoms with Crippen LogP contribution in [0.15, 0.2) is 72.8 Å². The first kappa shape index (κ1) is 19.2. The second-order valence-corrected chi connectivity index (χ2v) is 6.28. The minimum absolute atomic E-state index is 0.251. The summed E-state index contributed by atoms with van der Waals surface area (Å²) in [6.45, 7) is 2.25. The van der Waals surface area contributed by atoms with Gasteiger partial charge in [0, 0.05) is 11.3 Å². The highest BCUT2D eigenvalue weighted by Gasteiger charge is 2.11. The lowest BCUT2D eigenvalue weighted by Crippen LogP contribution is -2.13. The number of rotatable bonds is 6. The zero-order valence-electron chi connectivity index (χ0n) is 15.8. The Kier molecular flexibility index (Phi) is 6.07. The molecule has 0 aliphatic heterocycles. The average Bonchev–Trinajstić information content (AvgIpc) is 2.74. The van der Waals surface area contributed by atoms with Crippen molar-refractivity contribution >= 4 is 17.6 Å². The Hall–Kier alpha value is -3.60. The number of aryl methyl sites for hydroxylation is 1. The number of nitrogens with one attached hydrogen (secondary N) is 1. The van der Waals surface area contributed by atoms with E-state index in [4.69, 9.17) is 9.47 Å². The molecule has 142 valence electrons. The molecule has 0 radical (unpaired) electrons. The summed E-state index contributed by atoms with van der Waals surface area (Å²) in [7, 11) is 1.33. The van der Waals surface area contributed by atoms with Crippen LogP contribution in [0, 0.1) is 6.92 Å². The number of anilines is 1. The van der Waals surface area contributed by atoms with Crippen LogP contribution in [-0.2, 0) is 11.3 Å². The van der Waals surface area contributed by atoms with Crippen molar-refractivity contribution in [3.05, 3.63) is 95.1 Å².